The second-order valence-electron chi connectivity index (χ2n) is 12.4. The first-order valence-corrected chi connectivity index (χ1v) is 18.1. The molecule has 0 saturated heterocycles. The highest BCUT2D eigenvalue weighted by atomic mass is 35.5. The van der Waals surface area contributed by atoms with E-state index in [1.807, 2.05) is 0 Å². The van der Waals surface area contributed by atoms with E-state index in [1.54, 1.807) is 43.5 Å². The fourth-order valence-corrected chi connectivity index (χ4v) is 5.59. The van der Waals surface area contributed by atoms with Crippen molar-refractivity contribution in [3.63, 3.8) is 0 Å². The van der Waals surface area contributed by atoms with E-state index in [0.717, 1.165) is 12.1 Å². The monoisotopic (exact) mass is 793 g/mol. The molecule has 0 radical (unpaired) electrons. The summed E-state index contributed by atoms with van der Waals surface area (Å²) in [4.78, 5) is 38.2. The molecule has 0 bridgehead atoms. The van der Waals surface area contributed by atoms with Gasteiger partial charge in [0.15, 0.2) is 23.4 Å². The zero-order chi connectivity index (χ0) is 40.2. The van der Waals surface area contributed by atoms with Crippen LogP contribution in [0.5, 0.6) is 11.5 Å². The van der Waals surface area contributed by atoms with Gasteiger partial charge in [0, 0.05) is 48.4 Å². The molecule has 1 amide bonds. The summed E-state index contributed by atoms with van der Waals surface area (Å²) in [5, 5.41) is 21.1. The third kappa shape index (κ3) is 10.8. The Hall–Kier alpha value is -6.14. The Morgan fingerprint density at radius 3 is 2.57 bits per heavy atom. The minimum absolute atomic E-state index is 0.0152. The van der Waals surface area contributed by atoms with Crippen molar-refractivity contribution in [3.8, 4) is 23.0 Å². The number of aromatic nitrogens is 5. The molecule has 56 heavy (non-hydrogen) atoms. The number of nitrogens with two attached hydrogens (primary N) is 2. The lowest BCUT2D eigenvalue weighted by atomic mass is 10.1. The van der Waals surface area contributed by atoms with Gasteiger partial charge in [-0.1, -0.05) is 29.8 Å². The number of nitrogens with one attached hydrogen (secondary N) is 4. The van der Waals surface area contributed by atoms with Gasteiger partial charge in [-0.25, -0.2) is 23.5 Å². The SMILES string of the molecule is CCOc1cc(F)c(Cn2nc(-c3ncc(OCCCOC(=O)C(C)NC(=O)C(N)CCCNC(=N)N)c(Nc4ccncc4Cl)n3)c3ccccc32)c(F)c1. The van der Waals surface area contributed by atoms with Crippen molar-refractivity contribution in [2.75, 3.05) is 31.7 Å². The molecular weight excluding hydrogens is 752 g/mol. The van der Waals surface area contributed by atoms with E-state index >= 15 is 8.78 Å². The molecule has 5 rings (SSSR count). The third-order valence-corrected chi connectivity index (χ3v) is 8.53. The summed E-state index contributed by atoms with van der Waals surface area (Å²) in [5.41, 5.74) is 12.4. The number of guanidine groups is 1. The van der Waals surface area contributed by atoms with Crippen LogP contribution in [0.2, 0.25) is 5.02 Å². The Kier molecular flexibility index (Phi) is 14.2. The number of para-hydroxylation sites is 1. The molecule has 0 fully saturated rings. The van der Waals surface area contributed by atoms with Crippen LogP contribution in [-0.2, 0) is 20.9 Å². The highest BCUT2D eigenvalue weighted by molar-refractivity contribution is 6.33. The van der Waals surface area contributed by atoms with Crippen molar-refractivity contribution in [1.82, 2.24) is 35.4 Å². The first-order valence-electron chi connectivity index (χ1n) is 17.7. The van der Waals surface area contributed by atoms with Crippen LogP contribution in [0.15, 0.2) is 61.1 Å². The molecule has 0 aliphatic heterocycles. The van der Waals surface area contributed by atoms with Crippen LogP contribution in [0.25, 0.3) is 22.4 Å². The lowest BCUT2D eigenvalue weighted by Gasteiger charge is -2.17. The smallest absolute Gasteiger partial charge is 0.328 e. The molecule has 0 spiro atoms. The van der Waals surface area contributed by atoms with Crippen molar-refractivity contribution >= 4 is 51.8 Å². The Morgan fingerprint density at radius 2 is 1.84 bits per heavy atom. The average Bonchev–Trinajstić information content (AvgIpc) is 3.54. The number of rotatable bonds is 19. The normalized spacial score (nSPS) is 12.1. The van der Waals surface area contributed by atoms with Crippen LogP contribution in [0.3, 0.4) is 0 Å². The summed E-state index contributed by atoms with van der Waals surface area (Å²) >= 11 is 6.39. The summed E-state index contributed by atoms with van der Waals surface area (Å²) in [6.07, 6.45) is 5.56. The van der Waals surface area contributed by atoms with E-state index in [9.17, 15) is 9.59 Å². The van der Waals surface area contributed by atoms with Crippen molar-refractivity contribution in [2.24, 2.45) is 11.5 Å². The first kappa shape index (κ1) is 41.0. The number of ether oxygens (including phenoxy) is 3. The largest absolute Gasteiger partial charge is 0.494 e. The molecule has 3 aromatic heterocycles. The van der Waals surface area contributed by atoms with Gasteiger partial charge in [0.1, 0.15) is 29.1 Å². The quantitative estimate of drug-likeness (QED) is 0.0295. The van der Waals surface area contributed by atoms with Crippen molar-refractivity contribution in [3.05, 3.63) is 83.3 Å². The number of fused-ring (bicyclic) bond motifs is 1. The Balaban J connectivity index is 1.27. The predicted molar refractivity (Wildman–Crippen MR) is 206 cm³/mol. The summed E-state index contributed by atoms with van der Waals surface area (Å²) in [6.45, 7) is 3.73. The molecule has 2 aromatic carbocycles. The number of halogens is 3. The maximum atomic E-state index is 15.1. The van der Waals surface area contributed by atoms with Crippen molar-refractivity contribution < 1.29 is 32.6 Å². The number of hydrogen-bond acceptors (Lipinski definition) is 12. The van der Waals surface area contributed by atoms with E-state index < -0.39 is 35.6 Å². The van der Waals surface area contributed by atoms with Gasteiger partial charge in [-0.15, -0.1) is 0 Å². The van der Waals surface area contributed by atoms with Gasteiger partial charge < -0.3 is 41.6 Å². The lowest BCUT2D eigenvalue weighted by Crippen LogP contribution is -2.47. The predicted octanol–water partition coefficient (Wildman–Crippen LogP) is 4.42. The molecule has 0 aliphatic carbocycles. The van der Waals surface area contributed by atoms with Gasteiger partial charge >= 0.3 is 5.97 Å². The lowest BCUT2D eigenvalue weighted by molar-refractivity contribution is -0.147. The molecular formula is C37H42ClF2N11O5. The van der Waals surface area contributed by atoms with Gasteiger partial charge in [-0.05, 0) is 38.8 Å². The maximum Gasteiger partial charge on any atom is 0.328 e. The second kappa shape index (κ2) is 19.4. The van der Waals surface area contributed by atoms with Crippen LogP contribution in [0.1, 0.15) is 38.7 Å². The van der Waals surface area contributed by atoms with E-state index in [2.05, 4.69) is 31.0 Å². The van der Waals surface area contributed by atoms with Gasteiger partial charge in [0.2, 0.25) is 5.91 Å². The van der Waals surface area contributed by atoms with Crippen molar-refractivity contribution in [2.45, 2.75) is 51.7 Å². The molecule has 16 nitrogen and oxygen atoms in total. The number of esters is 1. The summed E-state index contributed by atoms with van der Waals surface area (Å²) < 4.78 is 48.2. The van der Waals surface area contributed by atoms with Crippen LogP contribution < -0.4 is 36.9 Å². The van der Waals surface area contributed by atoms with Gasteiger partial charge in [0.25, 0.3) is 0 Å². The van der Waals surface area contributed by atoms with Crippen LogP contribution in [-0.4, -0.2) is 81.0 Å². The molecule has 2 atom stereocenters. The Labute approximate surface area is 325 Å². The number of benzene rings is 2. The summed E-state index contributed by atoms with van der Waals surface area (Å²) in [5.74, 6) is -2.11. The fraction of sp³-hybridized carbons (Fsp3) is 0.324. The van der Waals surface area contributed by atoms with E-state index in [0.29, 0.717) is 46.7 Å². The number of hydrogen-bond donors (Lipinski definition) is 6. The zero-order valence-electron chi connectivity index (χ0n) is 30.7. The van der Waals surface area contributed by atoms with Crippen molar-refractivity contribution in [1.29, 1.82) is 5.41 Å². The number of carbonyl (C=O) groups is 2. The Bertz CT molecular complexity index is 2150. The number of anilines is 2. The molecule has 5 aromatic rings. The van der Waals surface area contributed by atoms with Crippen LogP contribution in [0.4, 0.5) is 20.3 Å². The summed E-state index contributed by atoms with van der Waals surface area (Å²) in [6, 6.07) is 9.31. The number of carbonyl (C=O) groups excluding carboxylic acids is 2. The second-order valence-corrected chi connectivity index (χ2v) is 12.8. The topological polar surface area (TPSA) is 230 Å². The molecule has 0 saturated carbocycles. The zero-order valence-corrected chi connectivity index (χ0v) is 31.4. The number of pyridine rings is 1. The fourth-order valence-electron chi connectivity index (χ4n) is 5.42. The molecule has 2 unspecified atom stereocenters. The standard InChI is InChI=1S/C37H42ClF2N11O5/c1-3-54-22-16-26(39)24(27(40)17-22)20-51-30-10-5-4-8-23(30)32(50-51)34-46-19-31(33(49-34)48-29-11-13-44-18-25(29)38)55-14-7-15-56-36(53)21(2)47-35(52)28(41)9-6-12-45-37(42)43/h4-5,8,10-11,13,16-19,21,28H,3,6-7,9,12,14-15,20,41H2,1-2H3,(H,47,52)(H4,42,43,45)(H,44,46,48,49). The molecule has 0 aliphatic rings. The first-order chi connectivity index (χ1) is 26.9. The highest BCUT2D eigenvalue weighted by Gasteiger charge is 2.22. The van der Waals surface area contributed by atoms with Gasteiger partial charge in [0.05, 0.1) is 54.8 Å². The van der Waals surface area contributed by atoms with Gasteiger partial charge in [-0.3, -0.25) is 19.9 Å². The van der Waals surface area contributed by atoms with Crippen LogP contribution >= 0.6 is 11.6 Å². The van der Waals surface area contributed by atoms with Gasteiger partial charge in [-0.2, -0.15) is 5.10 Å². The van der Waals surface area contributed by atoms with Crippen LogP contribution in [0, 0.1) is 17.0 Å². The van der Waals surface area contributed by atoms with E-state index in [1.165, 1.54) is 24.0 Å². The minimum atomic E-state index is -0.940. The number of amides is 1. The molecule has 19 heteroatoms. The highest BCUT2D eigenvalue weighted by Crippen LogP contribution is 2.33. The average molecular weight is 794 g/mol. The third-order valence-electron chi connectivity index (χ3n) is 8.23. The molecule has 8 N–H and O–H groups in total. The molecule has 3 heterocycles. The molecule has 296 valence electrons. The maximum absolute atomic E-state index is 15.1. The minimum Gasteiger partial charge on any atom is -0.494 e. The number of nitrogens with zero attached hydrogens (tertiary/aromatic N) is 5. The van der Waals surface area contributed by atoms with E-state index in [-0.39, 0.29) is 67.5 Å². The Morgan fingerprint density at radius 1 is 1.07 bits per heavy atom. The summed E-state index contributed by atoms with van der Waals surface area (Å²) in [7, 11) is 0. The van der Waals surface area contributed by atoms with E-state index in [4.69, 9.17) is 47.7 Å².